The largest absolute Gasteiger partial charge is 0.487 e. The highest BCUT2D eigenvalue weighted by Gasteiger charge is 2.27. The number of aliphatic carboxylic acids is 1. The Labute approximate surface area is 226 Å². The van der Waals surface area contributed by atoms with Crippen LogP contribution in [0.3, 0.4) is 0 Å². The molecule has 0 unspecified atom stereocenters. The quantitative estimate of drug-likeness (QED) is 0.399. The van der Waals surface area contributed by atoms with E-state index in [9.17, 15) is 19.5 Å². The van der Waals surface area contributed by atoms with Crippen molar-refractivity contribution in [3.05, 3.63) is 104 Å². The first kappa shape index (κ1) is 26.2. The molecule has 0 radical (unpaired) electrons. The number of rotatable bonds is 9. The molecule has 5 rings (SSSR count). The second-order valence-corrected chi connectivity index (χ2v) is 9.90. The van der Waals surface area contributed by atoms with Crippen LogP contribution in [0.15, 0.2) is 66.7 Å². The van der Waals surface area contributed by atoms with Gasteiger partial charge in [-0.3, -0.25) is 9.59 Å². The summed E-state index contributed by atoms with van der Waals surface area (Å²) in [4.78, 5) is 37.5. The molecule has 3 N–H and O–H groups in total. The zero-order valence-electron chi connectivity index (χ0n) is 21.9. The molecule has 3 aromatic carbocycles. The zero-order valence-corrected chi connectivity index (χ0v) is 21.9. The summed E-state index contributed by atoms with van der Waals surface area (Å²) in [6.07, 6.45) is 5.99. The lowest BCUT2D eigenvalue weighted by molar-refractivity contribution is -0.142. The first-order valence-corrected chi connectivity index (χ1v) is 13.4. The van der Waals surface area contributed by atoms with E-state index in [1.165, 1.54) is 26.8 Å². The van der Waals surface area contributed by atoms with E-state index < -0.39 is 29.9 Å². The average molecular weight is 525 g/mol. The van der Waals surface area contributed by atoms with E-state index in [0.717, 1.165) is 36.7 Å². The van der Waals surface area contributed by atoms with Crippen molar-refractivity contribution in [3.8, 4) is 0 Å². The molecular weight excluding hydrogens is 492 g/mol. The third-order valence-electron chi connectivity index (χ3n) is 7.44. The van der Waals surface area contributed by atoms with Gasteiger partial charge in [-0.25, -0.2) is 4.79 Å². The van der Waals surface area contributed by atoms with Crippen LogP contribution in [-0.4, -0.2) is 35.5 Å². The Morgan fingerprint density at radius 2 is 1.62 bits per heavy atom. The highest BCUT2D eigenvalue weighted by Crippen LogP contribution is 2.22. The lowest BCUT2D eigenvalue weighted by atomic mass is 9.88. The number of carbonyl (C=O) groups excluding carboxylic acids is 2. The van der Waals surface area contributed by atoms with E-state index in [0.29, 0.717) is 5.56 Å². The minimum absolute atomic E-state index is 0.227. The third kappa shape index (κ3) is 5.58. The predicted octanol–water partition coefficient (Wildman–Crippen LogP) is 2.61. The smallest absolute Gasteiger partial charge is 0.326 e. The first-order valence-electron chi connectivity index (χ1n) is 13.4. The highest BCUT2D eigenvalue weighted by atomic mass is 16.5. The Hall–Kier alpha value is -4.39. The Bertz CT molecular complexity index is 1630. The number of nitrogens with one attached hydrogen (secondary N) is 2. The number of fused-ring (bicyclic) bond motifs is 4. The number of hydrogen-bond donors (Lipinski definition) is 3. The molecule has 0 fully saturated rings. The van der Waals surface area contributed by atoms with Gasteiger partial charge in [0, 0.05) is 11.6 Å². The van der Waals surface area contributed by atoms with Crippen molar-refractivity contribution >= 4 is 29.6 Å². The molecule has 2 atom stereocenters. The summed E-state index contributed by atoms with van der Waals surface area (Å²) in [5.74, 6) is -1.38. The molecule has 0 aromatic heterocycles. The SMILES string of the molecule is CC[C@H](NC(=O)[C@H](NC(=O)COC1=c2ccc3c(c2CCC1)CC=c1ccccc1=3)c1ccccc1)C(=O)O. The Morgan fingerprint density at radius 1 is 0.872 bits per heavy atom. The van der Waals surface area contributed by atoms with Gasteiger partial charge in [-0.15, -0.1) is 0 Å². The number of ether oxygens (including phenoxy) is 1. The first-order chi connectivity index (χ1) is 19.0. The number of carbonyl (C=O) groups is 3. The molecule has 39 heavy (non-hydrogen) atoms. The van der Waals surface area contributed by atoms with Crippen LogP contribution in [0.25, 0.3) is 11.8 Å². The number of hydrogen-bond acceptors (Lipinski definition) is 4. The van der Waals surface area contributed by atoms with Crippen LogP contribution < -0.4 is 21.1 Å². The van der Waals surface area contributed by atoms with Gasteiger partial charge in [0.1, 0.15) is 17.8 Å². The van der Waals surface area contributed by atoms with Crippen molar-refractivity contribution in [1.82, 2.24) is 10.6 Å². The summed E-state index contributed by atoms with van der Waals surface area (Å²) < 4.78 is 6.06. The third-order valence-corrected chi connectivity index (χ3v) is 7.44. The van der Waals surface area contributed by atoms with E-state index in [1.807, 2.05) is 6.07 Å². The van der Waals surface area contributed by atoms with Gasteiger partial charge in [0.2, 0.25) is 5.91 Å². The molecule has 3 aromatic rings. The zero-order chi connectivity index (χ0) is 27.4. The molecule has 200 valence electrons. The van der Waals surface area contributed by atoms with Gasteiger partial charge in [0.05, 0.1) is 0 Å². The number of benzene rings is 3. The number of carboxylic acid groups (broad SMARTS) is 1. The van der Waals surface area contributed by atoms with Crippen LogP contribution >= 0.6 is 0 Å². The summed E-state index contributed by atoms with van der Waals surface area (Å²) in [7, 11) is 0. The maximum atomic E-state index is 13.0. The molecule has 0 heterocycles. The van der Waals surface area contributed by atoms with E-state index in [4.69, 9.17) is 4.74 Å². The molecule has 2 amide bonds. The van der Waals surface area contributed by atoms with E-state index in [1.54, 1.807) is 31.2 Å². The van der Waals surface area contributed by atoms with Crippen LogP contribution in [0.4, 0.5) is 0 Å². The normalized spacial score (nSPS) is 14.9. The molecule has 0 saturated heterocycles. The van der Waals surface area contributed by atoms with Crippen molar-refractivity contribution in [2.24, 2.45) is 0 Å². The van der Waals surface area contributed by atoms with Crippen molar-refractivity contribution in [2.45, 2.75) is 51.1 Å². The monoisotopic (exact) mass is 524 g/mol. The fraction of sp³-hybridized carbons (Fsp3) is 0.281. The van der Waals surface area contributed by atoms with Gasteiger partial charge in [0.25, 0.3) is 5.91 Å². The van der Waals surface area contributed by atoms with E-state index >= 15 is 0 Å². The fourth-order valence-electron chi connectivity index (χ4n) is 5.46. The molecule has 7 heteroatoms. The van der Waals surface area contributed by atoms with Gasteiger partial charge < -0.3 is 20.5 Å². The molecule has 0 bridgehead atoms. The lowest BCUT2D eigenvalue weighted by Crippen LogP contribution is -2.47. The van der Waals surface area contributed by atoms with E-state index in [-0.39, 0.29) is 13.0 Å². The van der Waals surface area contributed by atoms with Crippen molar-refractivity contribution in [3.63, 3.8) is 0 Å². The summed E-state index contributed by atoms with van der Waals surface area (Å²) in [5.41, 5.74) is 3.16. The highest BCUT2D eigenvalue weighted by molar-refractivity contribution is 5.91. The molecule has 2 aliphatic rings. The number of amides is 2. The minimum Gasteiger partial charge on any atom is -0.487 e. The van der Waals surface area contributed by atoms with Crippen molar-refractivity contribution in [2.75, 3.05) is 6.61 Å². The molecule has 0 aliphatic heterocycles. The Balaban J connectivity index is 1.37. The van der Waals surface area contributed by atoms with Gasteiger partial charge in [-0.2, -0.15) is 0 Å². The van der Waals surface area contributed by atoms with Crippen LogP contribution in [0.1, 0.15) is 48.9 Å². The second-order valence-electron chi connectivity index (χ2n) is 9.90. The van der Waals surface area contributed by atoms with Crippen LogP contribution in [-0.2, 0) is 32.0 Å². The maximum absolute atomic E-state index is 13.0. The van der Waals surface area contributed by atoms with Crippen molar-refractivity contribution < 1.29 is 24.2 Å². The van der Waals surface area contributed by atoms with Gasteiger partial charge in [-0.1, -0.05) is 79.7 Å². The number of carboxylic acids is 1. The summed E-state index contributed by atoms with van der Waals surface area (Å²) in [6.45, 7) is 1.43. The van der Waals surface area contributed by atoms with Gasteiger partial charge in [0.15, 0.2) is 6.61 Å². The standard InChI is InChI=1S/C32H32N2O5/c1-2-27(32(37)38)33-31(36)30(21-10-4-3-5-11-21)34-29(35)19-39-28-14-8-13-23-25-16-15-20-9-6-7-12-22(20)24(25)17-18-26(23)28/h3-7,9-12,15,17-18,27,30H,2,8,13-14,16,19H2,1H3,(H,33,36)(H,34,35)(H,37,38)/t27-,30+/m0/s1. The van der Waals surface area contributed by atoms with E-state index in [2.05, 4.69) is 53.1 Å². The summed E-state index contributed by atoms with van der Waals surface area (Å²) >= 11 is 0. The predicted molar refractivity (Wildman–Crippen MR) is 147 cm³/mol. The lowest BCUT2D eigenvalue weighted by Gasteiger charge is -2.23. The maximum Gasteiger partial charge on any atom is 0.326 e. The Morgan fingerprint density at radius 3 is 2.38 bits per heavy atom. The Kier molecular flexibility index (Phi) is 7.77. The molecule has 7 nitrogen and oxygen atoms in total. The second kappa shape index (κ2) is 11.6. The molecule has 2 aliphatic carbocycles. The van der Waals surface area contributed by atoms with Crippen molar-refractivity contribution in [1.29, 1.82) is 0 Å². The molecule has 0 saturated carbocycles. The molecular formula is C32H32N2O5. The molecule has 0 spiro atoms. The summed E-state index contributed by atoms with van der Waals surface area (Å²) in [5, 5.41) is 19.4. The minimum atomic E-state index is -1.12. The van der Waals surface area contributed by atoms with Crippen LogP contribution in [0.5, 0.6) is 0 Å². The van der Waals surface area contributed by atoms with Crippen LogP contribution in [0, 0.1) is 10.4 Å². The van der Waals surface area contributed by atoms with Crippen LogP contribution in [0.2, 0.25) is 0 Å². The van der Waals surface area contributed by atoms with Gasteiger partial charge in [-0.05, 0) is 58.0 Å². The average Bonchev–Trinajstić information content (AvgIpc) is 2.97. The van der Waals surface area contributed by atoms with Gasteiger partial charge >= 0.3 is 5.97 Å². The fourth-order valence-corrected chi connectivity index (χ4v) is 5.46. The topological polar surface area (TPSA) is 105 Å². The summed E-state index contributed by atoms with van der Waals surface area (Å²) in [6, 6.07) is 19.4.